The molecule has 0 fully saturated rings. The van der Waals surface area contributed by atoms with Gasteiger partial charge in [-0.25, -0.2) is 0 Å². The largest absolute Gasteiger partial charge is 0.329 e. The summed E-state index contributed by atoms with van der Waals surface area (Å²) in [5.41, 5.74) is 6.61. The monoisotopic (exact) mass is 200 g/mol. The summed E-state index contributed by atoms with van der Waals surface area (Å²) in [6.07, 6.45) is 1.78. The molecule has 0 radical (unpaired) electrons. The Bertz CT molecular complexity index is 222. The second-order valence-electron chi connectivity index (χ2n) is 3.37. The van der Waals surface area contributed by atoms with Crippen LogP contribution >= 0.6 is 11.7 Å². The van der Waals surface area contributed by atoms with Crippen molar-refractivity contribution in [3.05, 3.63) is 11.9 Å². The van der Waals surface area contributed by atoms with Crippen LogP contribution in [0.3, 0.4) is 0 Å². The Morgan fingerprint density at radius 3 is 2.85 bits per heavy atom. The van der Waals surface area contributed by atoms with E-state index in [2.05, 4.69) is 27.9 Å². The summed E-state index contributed by atoms with van der Waals surface area (Å²) < 4.78 is 8.04. The van der Waals surface area contributed by atoms with Crippen LogP contribution in [0.2, 0.25) is 0 Å². The molecule has 74 valence electrons. The van der Waals surface area contributed by atoms with Gasteiger partial charge in [-0.05, 0) is 5.92 Å². The van der Waals surface area contributed by atoms with Gasteiger partial charge in [0.2, 0.25) is 0 Å². The maximum absolute atomic E-state index is 5.62. The molecule has 3 N–H and O–H groups in total. The van der Waals surface area contributed by atoms with Crippen molar-refractivity contribution in [2.24, 2.45) is 11.7 Å². The van der Waals surface area contributed by atoms with E-state index in [1.54, 1.807) is 6.20 Å². The third-order valence-electron chi connectivity index (χ3n) is 2.01. The van der Waals surface area contributed by atoms with E-state index in [1.807, 2.05) is 0 Å². The second-order valence-corrected chi connectivity index (χ2v) is 3.92. The summed E-state index contributed by atoms with van der Waals surface area (Å²) in [4.78, 5) is 0. The molecule has 0 aliphatic heterocycles. The van der Waals surface area contributed by atoms with Gasteiger partial charge in [0.05, 0.1) is 23.6 Å². The predicted molar refractivity (Wildman–Crippen MR) is 54.4 cm³/mol. The fourth-order valence-corrected chi connectivity index (χ4v) is 1.52. The van der Waals surface area contributed by atoms with Gasteiger partial charge in [0, 0.05) is 19.1 Å². The highest BCUT2D eigenvalue weighted by molar-refractivity contribution is 6.99. The quantitative estimate of drug-likeness (QED) is 0.731. The van der Waals surface area contributed by atoms with Crippen molar-refractivity contribution in [2.45, 2.75) is 26.4 Å². The van der Waals surface area contributed by atoms with E-state index in [0.29, 0.717) is 18.5 Å². The van der Waals surface area contributed by atoms with Crippen LogP contribution in [0.5, 0.6) is 0 Å². The lowest BCUT2D eigenvalue weighted by Gasteiger charge is -2.19. The molecule has 0 spiro atoms. The van der Waals surface area contributed by atoms with Gasteiger partial charge in [-0.15, -0.1) is 0 Å². The van der Waals surface area contributed by atoms with Crippen LogP contribution in [0.4, 0.5) is 0 Å². The minimum atomic E-state index is 0.363. The molecule has 1 heterocycles. The lowest BCUT2D eigenvalue weighted by Crippen LogP contribution is -2.39. The number of nitrogens with one attached hydrogen (secondary N) is 1. The zero-order valence-corrected chi connectivity index (χ0v) is 8.84. The van der Waals surface area contributed by atoms with Crippen molar-refractivity contribution in [1.82, 2.24) is 14.1 Å². The summed E-state index contributed by atoms with van der Waals surface area (Å²) >= 11 is 1.24. The first kappa shape index (κ1) is 10.6. The van der Waals surface area contributed by atoms with Gasteiger partial charge >= 0.3 is 0 Å². The van der Waals surface area contributed by atoms with Crippen molar-refractivity contribution in [3.63, 3.8) is 0 Å². The molecule has 1 aromatic rings. The maximum Gasteiger partial charge on any atom is 0.0880 e. The van der Waals surface area contributed by atoms with Crippen LogP contribution in [0.15, 0.2) is 6.20 Å². The average Bonchev–Trinajstić information content (AvgIpc) is 2.57. The van der Waals surface area contributed by atoms with E-state index >= 15 is 0 Å². The fraction of sp³-hybridized carbons (Fsp3) is 0.750. The Hall–Kier alpha value is -0.520. The summed E-state index contributed by atoms with van der Waals surface area (Å²) in [5.74, 6) is 0.552. The first-order chi connectivity index (χ1) is 6.24. The third kappa shape index (κ3) is 3.38. The van der Waals surface area contributed by atoms with Crippen LogP contribution in [0.25, 0.3) is 0 Å². The molecule has 0 saturated heterocycles. The molecule has 1 atom stereocenters. The molecule has 5 heteroatoms. The van der Waals surface area contributed by atoms with Gasteiger partial charge < -0.3 is 11.1 Å². The number of rotatable bonds is 5. The number of hydrogen-bond donors (Lipinski definition) is 2. The molecule has 1 unspecified atom stereocenters. The van der Waals surface area contributed by atoms with Crippen molar-refractivity contribution in [2.75, 3.05) is 6.54 Å². The summed E-state index contributed by atoms with van der Waals surface area (Å²) in [6, 6.07) is 0.363. The lowest BCUT2D eigenvalue weighted by molar-refractivity contribution is 0.403. The Kier molecular flexibility index (Phi) is 4.27. The van der Waals surface area contributed by atoms with Gasteiger partial charge in [0.1, 0.15) is 0 Å². The zero-order valence-electron chi connectivity index (χ0n) is 8.03. The second kappa shape index (κ2) is 5.26. The van der Waals surface area contributed by atoms with Gasteiger partial charge in [0.25, 0.3) is 0 Å². The van der Waals surface area contributed by atoms with Crippen molar-refractivity contribution in [1.29, 1.82) is 0 Å². The Balaban J connectivity index is 2.32. The maximum atomic E-state index is 5.62. The fourth-order valence-electron chi connectivity index (χ4n) is 1.09. The Labute approximate surface area is 82.9 Å². The van der Waals surface area contributed by atoms with Crippen LogP contribution in [-0.2, 0) is 6.54 Å². The summed E-state index contributed by atoms with van der Waals surface area (Å²) in [5, 5.41) is 3.35. The van der Waals surface area contributed by atoms with E-state index in [9.17, 15) is 0 Å². The van der Waals surface area contributed by atoms with Crippen LogP contribution in [0.1, 0.15) is 19.5 Å². The molecule has 1 rings (SSSR count). The molecular formula is C8H16N4S. The molecule has 0 bridgehead atoms. The topological polar surface area (TPSA) is 63.8 Å². The molecule has 0 aliphatic carbocycles. The van der Waals surface area contributed by atoms with Gasteiger partial charge in [-0.1, -0.05) is 13.8 Å². The number of hydrogen-bond acceptors (Lipinski definition) is 5. The normalized spacial score (nSPS) is 13.5. The molecular weight excluding hydrogens is 184 g/mol. The SMILES string of the molecule is CC(C)C(CN)NCc1cnsn1. The minimum absolute atomic E-state index is 0.363. The van der Waals surface area contributed by atoms with Crippen molar-refractivity contribution < 1.29 is 0 Å². The van der Waals surface area contributed by atoms with Gasteiger partial charge in [-0.3, -0.25) is 0 Å². The first-order valence-electron chi connectivity index (χ1n) is 4.44. The molecule has 0 amide bonds. The summed E-state index contributed by atoms with van der Waals surface area (Å²) in [6.45, 7) is 5.74. The Morgan fingerprint density at radius 1 is 1.62 bits per heavy atom. The van der Waals surface area contributed by atoms with E-state index in [1.165, 1.54) is 11.7 Å². The average molecular weight is 200 g/mol. The number of nitrogens with two attached hydrogens (primary N) is 1. The Morgan fingerprint density at radius 2 is 2.38 bits per heavy atom. The molecule has 4 nitrogen and oxygen atoms in total. The van der Waals surface area contributed by atoms with Crippen LogP contribution in [-0.4, -0.2) is 21.3 Å². The molecule has 0 aliphatic rings. The molecule has 0 aromatic carbocycles. The van der Waals surface area contributed by atoms with Crippen molar-refractivity contribution in [3.8, 4) is 0 Å². The van der Waals surface area contributed by atoms with Crippen LogP contribution < -0.4 is 11.1 Å². The van der Waals surface area contributed by atoms with E-state index < -0.39 is 0 Å². The van der Waals surface area contributed by atoms with E-state index in [-0.39, 0.29) is 0 Å². The van der Waals surface area contributed by atoms with E-state index in [0.717, 1.165) is 12.2 Å². The number of aromatic nitrogens is 2. The molecule has 1 aromatic heterocycles. The van der Waals surface area contributed by atoms with E-state index in [4.69, 9.17) is 5.73 Å². The highest BCUT2D eigenvalue weighted by Gasteiger charge is 2.10. The molecule has 13 heavy (non-hydrogen) atoms. The summed E-state index contributed by atoms with van der Waals surface area (Å²) in [7, 11) is 0. The standard InChI is InChI=1S/C8H16N4S/c1-6(2)8(3-9)10-4-7-5-11-13-12-7/h5-6,8,10H,3-4,9H2,1-2H3. The third-order valence-corrected chi connectivity index (χ3v) is 2.53. The van der Waals surface area contributed by atoms with Gasteiger partial charge in [0.15, 0.2) is 0 Å². The van der Waals surface area contributed by atoms with Gasteiger partial charge in [-0.2, -0.15) is 8.75 Å². The molecule has 0 saturated carbocycles. The first-order valence-corrected chi connectivity index (χ1v) is 5.17. The highest BCUT2D eigenvalue weighted by Crippen LogP contribution is 2.01. The predicted octanol–water partition coefficient (Wildman–Crippen LogP) is 0.611. The minimum Gasteiger partial charge on any atom is -0.329 e. The van der Waals surface area contributed by atoms with Crippen molar-refractivity contribution >= 4 is 11.7 Å². The smallest absolute Gasteiger partial charge is 0.0880 e. The highest BCUT2D eigenvalue weighted by atomic mass is 32.1. The van der Waals surface area contributed by atoms with Crippen LogP contribution in [0, 0.1) is 5.92 Å². The lowest BCUT2D eigenvalue weighted by atomic mass is 10.1. The number of nitrogens with zero attached hydrogens (tertiary/aromatic N) is 2. The zero-order chi connectivity index (χ0) is 9.68.